The number of amides is 1. The molecule has 2 aromatic heterocycles. The van der Waals surface area contributed by atoms with E-state index in [-0.39, 0.29) is 17.5 Å². The van der Waals surface area contributed by atoms with Crippen molar-refractivity contribution in [2.45, 2.75) is 56.9 Å². The molecule has 1 N–H and O–H groups in total. The van der Waals surface area contributed by atoms with Crippen molar-refractivity contribution >= 4 is 17.1 Å². The van der Waals surface area contributed by atoms with Gasteiger partial charge in [0.25, 0.3) is 5.56 Å². The van der Waals surface area contributed by atoms with Crippen LogP contribution in [0.1, 0.15) is 62.7 Å². The van der Waals surface area contributed by atoms with Gasteiger partial charge in [0, 0.05) is 24.9 Å². The van der Waals surface area contributed by atoms with Gasteiger partial charge in [-0.2, -0.15) is 0 Å². The molecule has 0 unspecified atom stereocenters. The third-order valence-electron chi connectivity index (χ3n) is 5.89. The standard InChI is InChI=1S/C17H22N6O2/c24-16-13-15(18-14(19-16)10-4-5-10)23(21-20-13)12-6-8-22(9-7-12)17(25)11-2-1-3-11/h10-12H,1-9H2,(H,18,19,24). The van der Waals surface area contributed by atoms with Crippen molar-refractivity contribution in [1.29, 1.82) is 0 Å². The van der Waals surface area contributed by atoms with Crippen molar-refractivity contribution in [1.82, 2.24) is 29.9 Å². The van der Waals surface area contributed by atoms with Crippen molar-refractivity contribution in [2.24, 2.45) is 5.92 Å². The highest BCUT2D eigenvalue weighted by Gasteiger charge is 2.33. The van der Waals surface area contributed by atoms with Crippen LogP contribution in [-0.2, 0) is 4.79 Å². The van der Waals surface area contributed by atoms with E-state index in [4.69, 9.17) is 0 Å². The van der Waals surface area contributed by atoms with Crippen LogP contribution in [-0.4, -0.2) is 48.9 Å². The minimum Gasteiger partial charge on any atom is -0.342 e. The fourth-order valence-electron chi connectivity index (χ4n) is 3.90. The zero-order valence-corrected chi connectivity index (χ0v) is 14.1. The summed E-state index contributed by atoms with van der Waals surface area (Å²) in [6.07, 6.45) is 7.11. The zero-order valence-electron chi connectivity index (χ0n) is 14.1. The number of H-pyrrole nitrogens is 1. The molecular formula is C17H22N6O2. The minimum atomic E-state index is -0.198. The molecule has 25 heavy (non-hydrogen) atoms. The minimum absolute atomic E-state index is 0.150. The summed E-state index contributed by atoms with van der Waals surface area (Å²) in [5, 5.41) is 8.26. The lowest BCUT2D eigenvalue weighted by molar-refractivity contribution is -0.139. The predicted octanol–water partition coefficient (Wildman–Crippen LogP) is 1.36. The molecule has 3 heterocycles. The fourth-order valence-corrected chi connectivity index (χ4v) is 3.90. The molecule has 2 saturated carbocycles. The van der Waals surface area contributed by atoms with Gasteiger partial charge in [0.2, 0.25) is 5.91 Å². The van der Waals surface area contributed by atoms with Gasteiger partial charge in [-0.05, 0) is 38.5 Å². The van der Waals surface area contributed by atoms with Crippen LogP contribution in [0.25, 0.3) is 11.2 Å². The van der Waals surface area contributed by atoms with Gasteiger partial charge in [-0.15, -0.1) is 5.10 Å². The molecule has 0 radical (unpaired) electrons. The number of hydrogen-bond acceptors (Lipinski definition) is 5. The Hall–Kier alpha value is -2.25. The average Bonchev–Trinajstić information content (AvgIpc) is 3.33. The zero-order chi connectivity index (χ0) is 17.0. The molecule has 1 saturated heterocycles. The van der Waals surface area contributed by atoms with Gasteiger partial charge < -0.3 is 9.88 Å². The van der Waals surface area contributed by atoms with Crippen molar-refractivity contribution in [3.63, 3.8) is 0 Å². The SMILES string of the molecule is O=C(C1CCC1)N1CCC(n2nnc3c(=O)[nH]c(C4CC4)nc32)CC1. The van der Waals surface area contributed by atoms with E-state index in [1.54, 1.807) is 0 Å². The summed E-state index contributed by atoms with van der Waals surface area (Å²) >= 11 is 0. The molecule has 1 aliphatic heterocycles. The highest BCUT2D eigenvalue weighted by atomic mass is 16.2. The van der Waals surface area contributed by atoms with E-state index in [0.29, 0.717) is 23.0 Å². The molecule has 0 atom stereocenters. The monoisotopic (exact) mass is 342 g/mol. The third kappa shape index (κ3) is 2.54. The Kier molecular flexibility index (Phi) is 3.39. The van der Waals surface area contributed by atoms with Crippen LogP contribution in [0.15, 0.2) is 4.79 Å². The summed E-state index contributed by atoms with van der Waals surface area (Å²) in [4.78, 5) is 34.1. The summed E-state index contributed by atoms with van der Waals surface area (Å²) in [6, 6.07) is 0.150. The molecule has 2 aromatic rings. The van der Waals surface area contributed by atoms with Crippen LogP contribution < -0.4 is 5.56 Å². The molecule has 2 aliphatic carbocycles. The Balaban J connectivity index is 1.37. The van der Waals surface area contributed by atoms with E-state index < -0.39 is 0 Å². The van der Waals surface area contributed by atoms with Crippen LogP contribution in [0.3, 0.4) is 0 Å². The Morgan fingerprint density at radius 2 is 1.84 bits per heavy atom. The number of nitrogens with one attached hydrogen (secondary N) is 1. The first-order chi connectivity index (χ1) is 12.2. The largest absolute Gasteiger partial charge is 0.342 e. The second-order valence-electron chi connectivity index (χ2n) is 7.62. The number of hydrogen-bond donors (Lipinski definition) is 1. The Labute approximate surface area is 144 Å². The molecule has 0 bridgehead atoms. The van der Waals surface area contributed by atoms with Gasteiger partial charge in [-0.3, -0.25) is 9.59 Å². The van der Waals surface area contributed by atoms with Crippen LogP contribution in [0.5, 0.6) is 0 Å². The molecule has 8 heteroatoms. The average molecular weight is 342 g/mol. The van der Waals surface area contributed by atoms with E-state index in [2.05, 4.69) is 20.3 Å². The maximum absolute atomic E-state index is 12.4. The molecule has 132 valence electrons. The van der Waals surface area contributed by atoms with E-state index in [1.165, 1.54) is 6.42 Å². The molecule has 0 aromatic carbocycles. The summed E-state index contributed by atoms with van der Waals surface area (Å²) in [6.45, 7) is 1.50. The Morgan fingerprint density at radius 3 is 2.48 bits per heavy atom. The molecule has 0 spiro atoms. The van der Waals surface area contributed by atoms with Crippen LogP contribution in [0, 0.1) is 5.92 Å². The molecule has 3 aliphatic rings. The quantitative estimate of drug-likeness (QED) is 0.908. The number of piperidine rings is 1. The first-order valence-corrected chi connectivity index (χ1v) is 9.34. The maximum Gasteiger partial charge on any atom is 0.281 e. The topological polar surface area (TPSA) is 96.8 Å². The van der Waals surface area contributed by atoms with E-state index in [1.807, 2.05) is 9.58 Å². The molecular weight excluding hydrogens is 320 g/mol. The lowest BCUT2D eigenvalue weighted by Gasteiger charge is -2.36. The van der Waals surface area contributed by atoms with E-state index >= 15 is 0 Å². The number of rotatable bonds is 3. The highest BCUT2D eigenvalue weighted by Crippen LogP contribution is 2.38. The molecule has 5 rings (SSSR count). The van der Waals surface area contributed by atoms with Gasteiger partial charge in [0.05, 0.1) is 6.04 Å². The number of aromatic nitrogens is 5. The third-order valence-corrected chi connectivity index (χ3v) is 5.89. The van der Waals surface area contributed by atoms with Gasteiger partial charge in [-0.1, -0.05) is 11.6 Å². The summed E-state index contributed by atoms with van der Waals surface area (Å²) in [5.74, 6) is 1.71. The fraction of sp³-hybridized carbons (Fsp3) is 0.706. The normalized spacial score (nSPS) is 22.3. The number of carbonyl (C=O) groups excluding carboxylic acids is 1. The first kappa shape index (κ1) is 15.0. The maximum atomic E-state index is 12.4. The van der Waals surface area contributed by atoms with Crippen molar-refractivity contribution in [3.05, 3.63) is 16.2 Å². The lowest BCUT2D eigenvalue weighted by Crippen LogP contribution is -2.44. The van der Waals surface area contributed by atoms with Crippen LogP contribution in [0.2, 0.25) is 0 Å². The first-order valence-electron chi connectivity index (χ1n) is 9.34. The van der Waals surface area contributed by atoms with Crippen molar-refractivity contribution in [3.8, 4) is 0 Å². The summed E-state index contributed by atoms with van der Waals surface area (Å²) in [7, 11) is 0. The number of fused-ring (bicyclic) bond motifs is 1. The second kappa shape index (κ2) is 5.64. The number of aromatic amines is 1. The van der Waals surface area contributed by atoms with Gasteiger partial charge >= 0.3 is 0 Å². The molecule has 1 amide bonds. The van der Waals surface area contributed by atoms with Gasteiger partial charge in [0.1, 0.15) is 5.82 Å². The van der Waals surface area contributed by atoms with Gasteiger partial charge in [0.15, 0.2) is 11.2 Å². The highest BCUT2D eigenvalue weighted by molar-refractivity contribution is 5.79. The van der Waals surface area contributed by atoms with Crippen molar-refractivity contribution in [2.75, 3.05) is 13.1 Å². The van der Waals surface area contributed by atoms with E-state index in [0.717, 1.165) is 57.4 Å². The second-order valence-corrected chi connectivity index (χ2v) is 7.62. The lowest BCUT2D eigenvalue weighted by atomic mass is 9.84. The molecule has 3 fully saturated rings. The van der Waals surface area contributed by atoms with E-state index in [9.17, 15) is 9.59 Å². The Morgan fingerprint density at radius 1 is 1.08 bits per heavy atom. The number of likely N-dealkylation sites (tertiary alicyclic amines) is 1. The van der Waals surface area contributed by atoms with Crippen molar-refractivity contribution < 1.29 is 4.79 Å². The summed E-state index contributed by atoms with van der Waals surface area (Å²) < 4.78 is 1.81. The van der Waals surface area contributed by atoms with Gasteiger partial charge in [-0.25, -0.2) is 9.67 Å². The summed E-state index contributed by atoms with van der Waals surface area (Å²) in [5.41, 5.74) is 0.711. The molecule has 8 nitrogen and oxygen atoms in total. The smallest absolute Gasteiger partial charge is 0.281 e. The van der Waals surface area contributed by atoms with Crippen LogP contribution >= 0.6 is 0 Å². The Bertz CT molecular complexity index is 871. The van der Waals surface area contributed by atoms with Crippen LogP contribution in [0.4, 0.5) is 0 Å². The predicted molar refractivity (Wildman–Crippen MR) is 90.1 cm³/mol. The number of carbonyl (C=O) groups is 1. The number of nitrogens with zero attached hydrogens (tertiary/aromatic N) is 5.